The highest BCUT2D eigenvalue weighted by atomic mass is 32.2. The molecule has 9 heteroatoms. The highest BCUT2D eigenvalue weighted by molar-refractivity contribution is 7.98. The summed E-state index contributed by atoms with van der Waals surface area (Å²) < 4.78 is 37.8. The molecule has 2 aromatic rings. The van der Waals surface area contributed by atoms with Crippen molar-refractivity contribution < 1.29 is 18.0 Å². The number of rotatable bonds is 3. The number of H-pyrrole nitrogens is 1. The van der Waals surface area contributed by atoms with E-state index in [-0.39, 0.29) is 0 Å². The number of aromatic nitrogens is 1. The number of carbonyl (C=O) groups is 1. The molecule has 5 nitrogen and oxygen atoms in total. The van der Waals surface area contributed by atoms with Crippen LogP contribution in [0.2, 0.25) is 0 Å². The summed E-state index contributed by atoms with van der Waals surface area (Å²) in [4.78, 5) is 26.2. The maximum atomic E-state index is 12.6. The highest BCUT2D eigenvalue weighted by Gasteiger charge is 2.31. The van der Waals surface area contributed by atoms with Crippen LogP contribution in [0.25, 0.3) is 0 Å². The van der Waals surface area contributed by atoms with Crippen LogP contribution in [0.3, 0.4) is 0 Å². The van der Waals surface area contributed by atoms with E-state index in [0.29, 0.717) is 18.0 Å². The number of alkyl halides is 3. The van der Waals surface area contributed by atoms with E-state index in [2.05, 4.69) is 10.6 Å². The second kappa shape index (κ2) is 6.78. The molecule has 122 valence electrons. The smallest absolute Gasteiger partial charge is 0.327 e. The molecule has 0 saturated heterocycles. The number of amides is 2. The van der Waals surface area contributed by atoms with E-state index >= 15 is 0 Å². The molecule has 0 fully saturated rings. The summed E-state index contributed by atoms with van der Waals surface area (Å²) in [6.45, 7) is 0. The van der Waals surface area contributed by atoms with Gasteiger partial charge in [0.1, 0.15) is 5.69 Å². The molecule has 1 heterocycles. The van der Waals surface area contributed by atoms with Gasteiger partial charge in [0.25, 0.3) is 5.56 Å². The Labute approximate surface area is 133 Å². The molecule has 0 atom stereocenters. The van der Waals surface area contributed by atoms with Gasteiger partial charge in [-0.3, -0.25) is 4.79 Å². The fourth-order valence-electron chi connectivity index (χ4n) is 1.73. The highest BCUT2D eigenvalue weighted by Crippen LogP contribution is 2.29. The van der Waals surface area contributed by atoms with Gasteiger partial charge in [-0.1, -0.05) is 6.07 Å². The lowest BCUT2D eigenvalue weighted by Gasteiger charge is -2.10. The predicted octanol–water partition coefficient (Wildman–Crippen LogP) is 3.76. The molecule has 0 aliphatic carbocycles. The van der Waals surface area contributed by atoms with Gasteiger partial charge in [0, 0.05) is 16.8 Å². The fourth-order valence-corrected chi connectivity index (χ4v) is 2.19. The maximum absolute atomic E-state index is 12.6. The number of carbonyl (C=O) groups excluding carboxylic acids is 1. The number of benzene rings is 1. The summed E-state index contributed by atoms with van der Waals surface area (Å²) >= 11 is 1.47. The van der Waals surface area contributed by atoms with E-state index in [1.54, 1.807) is 18.2 Å². The number of halogens is 3. The predicted molar refractivity (Wildman–Crippen MR) is 82.9 cm³/mol. The SMILES string of the molecule is CSc1cccc(NC(=O)Nc2cc(C(F)(F)F)c[nH]c2=O)c1. The Morgan fingerprint density at radius 1 is 1.22 bits per heavy atom. The summed E-state index contributed by atoms with van der Waals surface area (Å²) in [7, 11) is 0. The van der Waals surface area contributed by atoms with Gasteiger partial charge in [-0.25, -0.2) is 4.79 Å². The molecule has 23 heavy (non-hydrogen) atoms. The number of hydrogen-bond donors (Lipinski definition) is 3. The zero-order valence-electron chi connectivity index (χ0n) is 11.8. The van der Waals surface area contributed by atoms with Crippen molar-refractivity contribution in [2.75, 3.05) is 16.9 Å². The number of nitrogens with one attached hydrogen (secondary N) is 3. The Balaban J connectivity index is 2.15. The topological polar surface area (TPSA) is 74.0 Å². The second-order valence-corrected chi connectivity index (χ2v) is 5.32. The average Bonchev–Trinajstić information content (AvgIpc) is 2.48. The van der Waals surface area contributed by atoms with Crippen molar-refractivity contribution in [2.24, 2.45) is 0 Å². The number of pyridine rings is 1. The molecular formula is C14H12F3N3O2S. The standard InChI is InChI=1S/C14H12F3N3O2S/c1-23-10-4-2-3-9(6-10)19-13(22)20-11-5-8(14(15,16)17)7-18-12(11)21/h2-7H,1H3,(H,18,21)(H2,19,20,22). The minimum atomic E-state index is -4.62. The minimum absolute atomic E-state index is 0.456. The van der Waals surface area contributed by atoms with E-state index in [9.17, 15) is 22.8 Å². The monoisotopic (exact) mass is 343 g/mol. The van der Waals surface area contributed by atoms with Crippen molar-refractivity contribution in [3.8, 4) is 0 Å². The summed E-state index contributed by atoms with van der Waals surface area (Å²) in [5.41, 5.74) is -1.92. The van der Waals surface area contributed by atoms with E-state index in [1.165, 1.54) is 11.8 Å². The molecule has 1 aromatic heterocycles. The number of urea groups is 1. The Bertz CT molecular complexity index is 774. The first-order valence-corrected chi connectivity index (χ1v) is 7.54. The molecule has 0 saturated carbocycles. The first-order chi connectivity index (χ1) is 10.8. The Kier molecular flexibility index (Phi) is 4.99. The molecule has 2 amide bonds. The van der Waals surface area contributed by atoms with Crippen LogP contribution < -0.4 is 16.2 Å². The number of anilines is 2. The lowest BCUT2D eigenvalue weighted by atomic mass is 10.2. The quantitative estimate of drug-likeness (QED) is 0.743. The van der Waals surface area contributed by atoms with Crippen LogP contribution in [0.1, 0.15) is 5.56 Å². The largest absolute Gasteiger partial charge is 0.417 e. The van der Waals surface area contributed by atoms with E-state index in [1.807, 2.05) is 17.3 Å². The van der Waals surface area contributed by atoms with Crippen molar-refractivity contribution in [3.05, 3.63) is 52.4 Å². The molecule has 1 aromatic carbocycles. The summed E-state index contributed by atoms with van der Waals surface area (Å²) in [5, 5.41) is 4.56. The van der Waals surface area contributed by atoms with Gasteiger partial charge in [-0.15, -0.1) is 11.8 Å². The van der Waals surface area contributed by atoms with Gasteiger partial charge in [0.2, 0.25) is 0 Å². The van der Waals surface area contributed by atoms with Gasteiger partial charge in [0.15, 0.2) is 0 Å². The summed E-state index contributed by atoms with van der Waals surface area (Å²) in [6.07, 6.45) is -2.21. The van der Waals surface area contributed by atoms with Crippen molar-refractivity contribution in [3.63, 3.8) is 0 Å². The maximum Gasteiger partial charge on any atom is 0.417 e. The Morgan fingerprint density at radius 2 is 1.96 bits per heavy atom. The number of aromatic amines is 1. The molecule has 3 N–H and O–H groups in total. The normalized spacial score (nSPS) is 11.1. The Hall–Kier alpha value is -2.42. The minimum Gasteiger partial charge on any atom is -0.327 e. The van der Waals surface area contributed by atoms with Crippen molar-refractivity contribution in [2.45, 2.75) is 11.1 Å². The zero-order chi connectivity index (χ0) is 17.0. The molecule has 0 radical (unpaired) electrons. The van der Waals surface area contributed by atoms with Crippen LogP contribution in [0.4, 0.5) is 29.3 Å². The Morgan fingerprint density at radius 3 is 2.61 bits per heavy atom. The summed E-state index contributed by atoms with van der Waals surface area (Å²) in [6, 6.07) is 6.64. The number of thioether (sulfide) groups is 1. The van der Waals surface area contributed by atoms with Crippen molar-refractivity contribution in [1.82, 2.24) is 4.98 Å². The van der Waals surface area contributed by atoms with Crippen LogP contribution in [-0.2, 0) is 6.18 Å². The first kappa shape index (κ1) is 16.9. The van der Waals surface area contributed by atoms with Crippen LogP contribution in [0.15, 0.2) is 46.2 Å². The number of hydrogen-bond acceptors (Lipinski definition) is 3. The lowest BCUT2D eigenvalue weighted by molar-refractivity contribution is -0.137. The third-order valence-corrected chi connectivity index (χ3v) is 3.53. The first-order valence-electron chi connectivity index (χ1n) is 6.31. The zero-order valence-corrected chi connectivity index (χ0v) is 12.6. The fraction of sp³-hybridized carbons (Fsp3) is 0.143. The van der Waals surface area contributed by atoms with Gasteiger partial charge in [0.05, 0.1) is 5.56 Å². The van der Waals surface area contributed by atoms with E-state index in [4.69, 9.17) is 0 Å². The van der Waals surface area contributed by atoms with Gasteiger partial charge in [-0.2, -0.15) is 13.2 Å². The summed E-state index contributed by atoms with van der Waals surface area (Å²) in [5.74, 6) is 0. The molecule has 0 aliphatic heterocycles. The molecule has 2 rings (SSSR count). The van der Waals surface area contributed by atoms with E-state index < -0.39 is 29.0 Å². The molecule has 0 aliphatic rings. The van der Waals surface area contributed by atoms with Gasteiger partial charge >= 0.3 is 12.2 Å². The van der Waals surface area contributed by atoms with Gasteiger partial charge < -0.3 is 15.6 Å². The lowest BCUT2D eigenvalue weighted by Crippen LogP contribution is -2.25. The van der Waals surface area contributed by atoms with Crippen LogP contribution in [0.5, 0.6) is 0 Å². The van der Waals surface area contributed by atoms with Crippen molar-refractivity contribution >= 4 is 29.2 Å². The van der Waals surface area contributed by atoms with Crippen molar-refractivity contribution in [1.29, 1.82) is 0 Å². The third kappa shape index (κ3) is 4.52. The van der Waals surface area contributed by atoms with E-state index in [0.717, 1.165) is 4.90 Å². The average molecular weight is 343 g/mol. The molecule has 0 spiro atoms. The molecule has 0 unspecified atom stereocenters. The molecule has 0 bridgehead atoms. The van der Waals surface area contributed by atoms with Crippen LogP contribution in [0, 0.1) is 0 Å². The van der Waals surface area contributed by atoms with Crippen LogP contribution >= 0.6 is 11.8 Å². The molecular weight excluding hydrogens is 331 g/mol. The third-order valence-electron chi connectivity index (χ3n) is 2.81. The van der Waals surface area contributed by atoms with Crippen LogP contribution in [-0.4, -0.2) is 17.3 Å². The second-order valence-electron chi connectivity index (χ2n) is 4.44. The van der Waals surface area contributed by atoms with Gasteiger partial charge in [-0.05, 0) is 30.5 Å².